The van der Waals surface area contributed by atoms with Crippen molar-refractivity contribution in [3.63, 3.8) is 0 Å². The predicted octanol–water partition coefficient (Wildman–Crippen LogP) is 4.89. The van der Waals surface area contributed by atoms with Gasteiger partial charge in [0.1, 0.15) is 6.04 Å². The first-order chi connectivity index (χ1) is 15.0. The zero-order valence-electron chi connectivity index (χ0n) is 17.7. The fourth-order valence-corrected chi connectivity index (χ4v) is 4.25. The molecule has 1 atom stereocenters. The summed E-state index contributed by atoms with van der Waals surface area (Å²) in [6.07, 6.45) is 4.93. The molecule has 2 heterocycles. The highest BCUT2D eigenvalue weighted by molar-refractivity contribution is 6.33. The first kappa shape index (κ1) is 21.2. The Morgan fingerprint density at radius 1 is 1.10 bits per heavy atom. The first-order valence-electron chi connectivity index (χ1n) is 10.6. The Bertz CT molecular complexity index is 1150. The van der Waals surface area contributed by atoms with Crippen molar-refractivity contribution >= 4 is 39.9 Å². The molecule has 160 valence electrons. The molecule has 0 aliphatic carbocycles. The molecule has 5 nitrogen and oxygen atoms in total. The van der Waals surface area contributed by atoms with E-state index in [0.717, 1.165) is 11.9 Å². The van der Waals surface area contributed by atoms with Gasteiger partial charge < -0.3 is 15.2 Å². The van der Waals surface area contributed by atoms with E-state index in [-0.39, 0.29) is 17.7 Å². The molecule has 31 heavy (non-hydrogen) atoms. The van der Waals surface area contributed by atoms with E-state index >= 15 is 0 Å². The van der Waals surface area contributed by atoms with E-state index in [4.69, 9.17) is 11.6 Å². The lowest BCUT2D eigenvalue weighted by atomic mass is 9.97. The summed E-state index contributed by atoms with van der Waals surface area (Å²) >= 11 is 6.15. The normalized spacial score (nSPS) is 15.1. The summed E-state index contributed by atoms with van der Waals surface area (Å²) in [6.45, 7) is 5.02. The number of rotatable bonds is 5. The fourth-order valence-electron chi connectivity index (χ4n) is 4.03. The number of H-pyrrole nitrogens is 1. The van der Waals surface area contributed by atoms with Crippen LogP contribution in [0.1, 0.15) is 36.2 Å². The van der Waals surface area contributed by atoms with E-state index in [1.54, 1.807) is 24.3 Å². The maximum Gasteiger partial charge on any atom is 0.253 e. The summed E-state index contributed by atoms with van der Waals surface area (Å²) in [4.78, 5) is 31.1. The summed E-state index contributed by atoms with van der Waals surface area (Å²) < 4.78 is 0. The predicted molar refractivity (Wildman–Crippen MR) is 125 cm³/mol. The zero-order chi connectivity index (χ0) is 22.0. The number of amides is 2. The van der Waals surface area contributed by atoms with E-state index in [1.165, 1.54) is 16.5 Å². The lowest BCUT2D eigenvalue weighted by molar-refractivity contribution is -0.133. The summed E-state index contributed by atoms with van der Waals surface area (Å²) in [5, 5.41) is 4.46. The minimum Gasteiger partial charge on any atom is -0.361 e. The largest absolute Gasteiger partial charge is 0.361 e. The Hall–Kier alpha value is -3.05. The molecule has 1 aliphatic heterocycles. The van der Waals surface area contributed by atoms with Crippen LogP contribution in [0.5, 0.6) is 0 Å². The van der Waals surface area contributed by atoms with Gasteiger partial charge >= 0.3 is 0 Å². The maximum atomic E-state index is 13.2. The number of nitrogens with zero attached hydrogens (tertiary/aromatic N) is 1. The third kappa shape index (κ3) is 4.37. The average molecular weight is 436 g/mol. The van der Waals surface area contributed by atoms with Gasteiger partial charge in [-0.25, -0.2) is 0 Å². The Kier molecular flexibility index (Phi) is 6.14. The summed E-state index contributed by atoms with van der Waals surface area (Å²) in [5.41, 5.74) is 3.92. The highest BCUT2D eigenvalue weighted by atomic mass is 35.5. The molecule has 1 aromatic heterocycles. The molecular formula is C25H26ClN3O2. The topological polar surface area (TPSA) is 65.2 Å². The highest BCUT2D eigenvalue weighted by Crippen LogP contribution is 2.29. The van der Waals surface area contributed by atoms with Gasteiger partial charge in [0, 0.05) is 35.8 Å². The monoisotopic (exact) mass is 435 g/mol. The Balaban J connectivity index is 1.48. The number of benzene rings is 2. The second kappa shape index (κ2) is 8.98. The molecule has 2 aromatic carbocycles. The third-order valence-electron chi connectivity index (χ3n) is 5.79. The van der Waals surface area contributed by atoms with Crippen LogP contribution in [0, 0.1) is 5.92 Å². The van der Waals surface area contributed by atoms with Gasteiger partial charge in [-0.3, -0.25) is 9.59 Å². The van der Waals surface area contributed by atoms with Crippen LogP contribution in [-0.4, -0.2) is 40.8 Å². The second-order valence-corrected chi connectivity index (χ2v) is 8.59. The molecule has 0 bridgehead atoms. The number of nitrogens with one attached hydrogen (secondary N) is 2. The molecule has 0 saturated carbocycles. The highest BCUT2D eigenvalue weighted by Gasteiger charge is 2.30. The Morgan fingerprint density at radius 3 is 2.55 bits per heavy atom. The van der Waals surface area contributed by atoms with Gasteiger partial charge in [-0.15, -0.1) is 0 Å². The Morgan fingerprint density at radius 2 is 1.84 bits per heavy atom. The van der Waals surface area contributed by atoms with Crippen molar-refractivity contribution in [3.05, 3.63) is 77.0 Å². The molecule has 0 radical (unpaired) electrons. The zero-order valence-corrected chi connectivity index (χ0v) is 18.4. The van der Waals surface area contributed by atoms with Gasteiger partial charge in [0.05, 0.1) is 10.6 Å². The number of carbonyl (C=O) groups is 2. The maximum absolute atomic E-state index is 13.2. The van der Waals surface area contributed by atoms with E-state index in [9.17, 15) is 9.59 Å². The number of aromatic nitrogens is 1. The van der Waals surface area contributed by atoms with Gasteiger partial charge in [-0.2, -0.15) is 0 Å². The lowest BCUT2D eigenvalue weighted by Gasteiger charge is -2.32. The smallest absolute Gasteiger partial charge is 0.253 e. The quantitative estimate of drug-likeness (QED) is 0.599. The molecular weight excluding hydrogens is 410 g/mol. The average Bonchev–Trinajstić information content (AvgIpc) is 3.21. The molecule has 0 fully saturated rings. The number of fused-ring (bicyclic) bond motifs is 1. The number of para-hydroxylation sites is 1. The Labute approximate surface area is 187 Å². The molecule has 3 aromatic rings. The number of aromatic amines is 1. The van der Waals surface area contributed by atoms with E-state index < -0.39 is 6.04 Å². The molecule has 4 rings (SSSR count). The van der Waals surface area contributed by atoms with Crippen LogP contribution >= 0.6 is 11.6 Å². The molecule has 0 spiro atoms. The molecule has 0 saturated heterocycles. The fraction of sp³-hybridized carbons (Fsp3) is 0.280. The third-order valence-corrected chi connectivity index (χ3v) is 6.12. The number of carbonyl (C=O) groups excluding carboxylic acids is 2. The van der Waals surface area contributed by atoms with Gasteiger partial charge in [-0.1, -0.05) is 61.9 Å². The van der Waals surface area contributed by atoms with Crippen LogP contribution in [0.3, 0.4) is 0 Å². The van der Waals surface area contributed by atoms with Crippen LogP contribution in [0.4, 0.5) is 0 Å². The second-order valence-electron chi connectivity index (χ2n) is 8.19. The summed E-state index contributed by atoms with van der Waals surface area (Å²) in [6, 6.07) is 14.5. The molecule has 2 amide bonds. The van der Waals surface area contributed by atoms with Crippen molar-refractivity contribution in [1.29, 1.82) is 0 Å². The van der Waals surface area contributed by atoms with E-state index in [2.05, 4.69) is 28.5 Å². The van der Waals surface area contributed by atoms with Crippen LogP contribution in [0.15, 0.2) is 60.8 Å². The molecule has 2 N–H and O–H groups in total. The first-order valence-corrected chi connectivity index (χ1v) is 10.9. The van der Waals surface area contributed by atoms with Gasteiger partial charge in [-0.05, 0) is 36.1 Å². The van der Waals surface area contributed by atoms with Crippen LogP contribution in [-0.2, 0) is 4.79 Å². The minimum atomic E-state index is -0.605. The van der Waals surface area contributed by atoms with Crippen molar-refractivity contribution in [3.8, 4) is 0 Å². The standard InChI is InChI=1S/C25H26ClN3O2/c1-16(2)23(28-24(30)19-8-3-5-9-21(19)26)25(31)29-13-11-17(12-14-29)20-15-27-22-10-6-4-7-18(20)22/h3-11,15-16,23,27H,12-14H2,1-2H3,(H,28,30)/t23-/m1/s1. The number of halogens is 1. The van der Waals surface area contributed by atoms with Gasteiger partial charge in [0.15, 0.2) is 0 Å². The van der Waals surface area contributed by atoms with Crippen LogP contribution in [0.2, 0.25) is 5.02 Å². The molecule has 1 aliphatic rings. The minimum absolute atomic E-state index is 0.0436. The van der Waals surface area contributed by atoms with Crippen molar-refractivity contribution in [2.75, 3.05) is 13.1 Å². The van der Waals surface area contributed by atoms with Crippen molar-refractivity contribution in [2.45, 2.75) is 26.3 Å². The van der Waals surface area contributed by atoms with Crippen molar-refractivity contribution in [2.24, 2.45) is 5.92 Å². The molecule has 6 heteroatoms. The van der Waals surface area contributed by atoms with Gasteiger partial charge in [0.25, 0.3) is 5.91 Å². The van der Waals surface area contributed by atoms with Gasteiger partial charge in [0.2, 0.25) is 5.91 Å². The number of hydrogen-bond donors (Lipinski definition) is 2. The van der Waals surface area contributed by atoms with E-state index in [0.29, 0.717) is 23.7 Å². The lowest BCUT2D eigenvalue weighted by Crippen LogP contribution is -2.52. The van der Waals surface area contributed by atoms with Crippen LogP contribution in [0.25, 0.3) is 16.5 Å². The van der Waals surface area contributed by atoms with Crippen molar-refractivity contribution in [1.82, 2.24) is 15.2 Å². The van der Waals surface area contributed by atoms with E-state index in [1.807, 2.05) is 37.1 Å². The molecule has 0 unspecified atom stereocenters. The summed E-state index contributed by atoms with van der Waals surface area (Å²) in [7, 11) is 0. The van der Waals surface area contributed by atoms with Crippen LogP contribution < -0.4 is 5.32 Å². The summed E-state index contributed by atoms with van der Waals surface area (Å²) in [5.74, 6) is -0.438. The van der Waals surface area contributed by atoms with Crippen molar-refractivity contribution < 1.29 is 9.59 Å². The number of hydrogen-bond acceptors (Lipinski definition) is 2. The SMILES string of the molecule is CC(C)[C@@H](NC(=O)c1ccccc1Cl)C(=O)N1CC=C(c2c[nH]c3ccccc23)CC1.